The number of nitrogens with zero attached hydrogens (tertiary/aromatic N) is 2. The molecule has 1 aromatic rings. The summed E-state index contributed by atoms with van der Waals surface area (Å²) in [5.74, 6) is 0.0934. The van der Waals surface area contributed by atoms with Gasteiger partial charge in [-0.2, -0.15) is 0 Å². The molecule has 0 aromatic carbocycles. The van der Waals surface area contributed by atoms with Gasteiger partial charge in [-0.3, -0.25) is 4.79 Å². The van der Waals surface area contributed by atoms with Crippen LogP contribution in [0.2, 0.25) is 0 Å². The van der Waals surface area contributed by atoms with Crippen molar-refractivity contribution in [2.45, 2.75) is 52.7 Å². The molecule has 0 aliphatic heterocycles. The number of hydrogen-bond acceptors (Lipinski definition) is 5. The van der Waals surface area contributed by atoms with Gasteiger partial charge in [-0.05, 0) is 26.2 Å². The lowest BCUT2D eigenvalue weighted by Crippen LogP contribution is -2.37. The summed E-state index contributed by atoms with van der Waals surface area (Å²) in [7, 11) is 0. The Balaban J connectivity index is 2.53. The van der Waals surface area contributed by atoms with Crippen LogP contribution in [0.3, 0.4) is 0 Å². The first-order valence-electron chi connectivity index (χ1n) is 6.92. The molecule has 1 rings (SSSR count). The number of hydrogen-bond donors (Lipinski definition) is 3. The van der Waals surface area contributed by atoms with Gasteiger partial charge in [0.25, 0.3) is 0 Å². The number of rotatable bonds is 8. The molecule has 0 amide bonds. The minimum absolute atomic E-state index is 0.279. The fourth-order valence-corrected chi connectivity index (χ4v) is 1.76. The maximum absolute atomic E-state index is 11.1. The molecule has 3 N–H and O–H groups in total. The van der Waals surface area contributed by atoms with Gasteiger partial charge < -0.3 is 15.7 Å². The summed E-state index contributed by atoms with van der Waals surface area (Å²) in [5, 5.41) is 15.3. The standard InChI is InChI=1S/C14H24N4O2/c1-9(2)5-12(13(19)20)15-6-11-7-16-14(17-8-11)18-10(3)4/h7-10,12,15H,5-6H2,1-4H3,(H,19,20)(H,16,17,18)/t12-/m1/s1. The van der Waals surface area contributed by atoms with Crippen molar-refractivity contribution in [1.29, 1.82) is 0 Å². The van der Waals surface area contributed by atoms with Crippen LogP contribution in [0.5, 0.6) is 0 Å². The van der Waals surface area contributed by atoms with Crippen LogP contribution < -0.4 is 10.6 Å². The average Bonchev–Trinajstić information content (AvgIpc) is 2.34. The van der Waals surface area contributed by atoms with Crippen LogP contribution in [0.4, 0.5) is 5.95 Å². The predicted molar refractivity (Wildman–Crippen MR) is 78.5 cm³/mol. The van der Waals surface area contributed by atoms with E-state index < -0.39 is 12.0 Å². The largest absolute Gasteiger partial charge is 0.480 e. The molecular weight excluding hydrogens is 256 g/mol. The molecule has 0 fully saturated rings. The lowest BCUT2D eigenvalue weighted by Gasteiger charge is -2.16. The van der Waals surface area contributed by atoms with Crippen molar-refractivity contribution in [2.24, 2.45) is 5.92 Å². The summed E-state index contributed by atoms with van der Waals surface area (Å²) in [6.45, 7) is 8.50. The summed E-state index contributed by atoms with van der Waals surface area (Å²) in [6, 6.07) is -0.259. The molecule has 0 aliphatic rings. The molecule has 1 atom stereocenters. The van der Waals surface area contributed by atoms with Crippen molar-refractivity contribution in [3.8, 4) is 0 Å². The van der Waals surface area contributed by atoms with Crippen molar-refractivity contribution < 1.29 is 9.90 Å². The summed E-state index contributed by atoms with van der Waals surface area (Å²) < 4.78 is 0. The van der Waals surface area contributed by atoms with Crippen molar-refractivity contribution in [2.75, 3.05) is 5.32 Å². The summed E-state index contributed by atoms with van der Waals surface area (Å²) in [6.07, 6.45) is 4.02. The van der Waals surface area contributed by atoms with Crippen LogP contribution in [-0.4, -0.2) is 33.1 Å². The third kappa shape index (κ3) is 5.97. The third-order valence-electron chi connectivity index (χ3n) is 2.68. The molecule has 6 nitrogen and oxygen atoms in total. The van der Waals surface area contributed by atoms with Gasteiger partial charge in [-0.1, -0.05) is 13.8 Å². The lowest BCUT2D eigenvalue weighted by atomic mass is 10.0. The molecule has 6 heteroatoms. The number of carboxylic acids is 1. The van der Waals surface area contributed by atoms with E-state index in [0.717, 1.165) is 5.56 Å². The van der Waals surface area contributed by atoms with E-state index in [1.807, 2.05) is 27.7 Å². The number of carbonyl (C=O) groups is 1. The molecule has 20 heavy (non-hydrogen) atoms. The molecule has 0 saturated carbocycles. The van der Waals surface area contributed by atoms with Gasteiger partial charge in [0, 0.05) is 30.5 Å². The third-order valence-corrected chi connectivity index (χ3v) is 2.68. The summed E-state index contributed by atoms with van der Waals surface area (Å²) in [4.78, 5) is 19.5. The number of nitrogens with one attached hydrogen (secondary N) is 2. The van der Waals surface area contributed by atoms with Crippen LogP contribution in [-0.2, 0) is 11.3 Å². The van der Waals surface area contributed by atoms with Crippen LogP contribution >= 0.6 is 0 Å². The zero-order chi connectivity index (χ0) is 15.1. The highest BCUT2D eigenvalue weighted by Crippen LogP contribution is 2.07. The Morgan fingerprint density at radius 3 is 2.30 bits per heavy atom. The van der Waals surface area contributed by atoms with Crippen molar-refractivity contribution in [1.82, 2.24) is 15.3 Å². The Bertz CT molecular complexity index is 418. The van der Waals surface area contributed by atoms with E-state index in [1.165, 1.54) is 0 Å². The second-order valence-corrected chi connectivity index (χ2v) is 5.62. The van der Waals surface area contributed by atoms with E-state index >= 15 is 0 Å². The molecule has 0 aliphatic carbocycles. The maximum atomic E-state index is 11.1. The van der Waals surface area contributed by atoms with Gasteiger partial charge in [0.1, 0.15) is 6.04 Å². The van der Waals surface area contributed by atoms with Crippen molar-refractivity contribution >= 4 is 11.9 Å². The SMILES string of the molecule is CC(C)C[C@@H](NCc1cnc(NC(C)C)nc1)C(=O)O. The quantitative estimate of drug-likeness (QED) is 0.674. The van der Waals surface area contributed by atoms with E-state index in [-0.39, 0.29) is 6.04 Å². The van der Waals surface area contributed by atoms with Crippen LogP contribution in [0, 0.1) is 5.92 Å². The van der Waals surface area contributed by atoms with E-state index in [9.17, 15) is 4.79 Å². The first kappa shape index (κ1) is 16.4. The smallest absolute Gasteiger partial charge is 0.320 e. The molecule has 0 bridgehead atoms. The van der Waals surface area contributed by atoms with Gasteiger partial charge in [0.2, 0.25) is 5.95 Å². The Labute approximate surface area is 120 Å². The molecular formula is C14H24N4O2. The molecule has 1 aromatic heterocycles. The van der Waals surface area contributed by atoms with Gasteiger partial charge >= 0.3 is 5.97 Å². The average molecular weight is 280 g/mol. The Hall–Kier alpha value is -1.69. The Kier molecular flexibility index (Phi) is 6.38. The minimum Gasteiger partial charge on any atom is -0.480 e. The van der Waals surface area contributed by atoms with Crippen LogP contribution in [0.25, 0.3) is 0 Å². The highest BCUT2D eigenvalue weighted by molar-refractivity contribution is 5.73. The second-order valence-electron chi connectivity index (χ2n) is 5.62. The number of carboxylic acid groups (broad SMARTS) is 1. The number of aliphatic carboxylic acids is 1. The normalized spacial score (nSPS) is 12.7. The summed E-state index contributed by atoms with van der Waals surface area (Å²) in [5.41, 5.74) is 0.870. The zero-order valence-electron chi connectivity index (χ0n) is 12.6. The Morgan fingerprint density at radius 1 is 1.25 bits per heavy atom. The van der Waals surface area contributed by atoms with Gasteiger partial charge in [-0.15, -0.1) is 0 Å². The van der Waals surface area contributed by atoms with E-state index in [2.05, 4.69) is 20.6 Å². The van der Waals surface area contributed by atoms with Crippen LogP contribution in [0.1, 0.15) is 39.7 Å². The van der Waals surface area contributed by atoms with Crippen molar-refractivity contribution in [3.63, 3.8) is 0 Å². The monoisotopic (exact) mass is 280 g/mol. The second kappa shape index (κ2) is 7.79. The Morgan fingerprint density at radius 2 is 1.85 bits per heavy atom. The molecule has 0 radical (unpaired) electrons. The molecule has 0 spiro atoms. The lowest BCUT2D eigenvalue weighted by molar-refractivity contribution is -0.140. The fraction of sp³-hybridized carbons (Fsp3) is 0.643. The highest BCUT2D eigenvalue weighted by atomic mass is 16.4. The first-order valence-corrected chi connectivity index (χ1v) is 6.92. The van der Waals surface area contributed by atoms with Gasteiger partial charge in [-0.25, -0.2) is 9.97 Å². The van der Waals surface area contributed by atoms with E-state index in [0.29, 0.717) is 24.8 Å². The summed E-state index contributed by atoms with van der Waals surface area (Å²) >= 11 is 0. The van der Waals surface area contributed by atoms with E-state index in [1.54, 1.807) is 12.4 Å². The van der Waals surface area contributed by atoms with Crippen LogP contribution in [0.15, 0.2) is 12.4 Å². The maximum Gasteiger partial charge on any atom is 0.320 e. The molecule has 0 saturated heterocycles. The van der Waals surface area contributed by atoms with E-state index in [4.69, 9.17) is 5.11 Å². The fourth-order valence-electron chi connectivity index (χ4n) is 1.76. The predicted octanol–water partition coefficient (Wildman–Crippen LogP) is 1.89. The van der Waals surface area contributed by atoms with Crippen molar-refractivity contribution in [3.05, 3.63) is 18.0 Å². The topological polar surface area (TPSA) is 87.1 Å². The minimum atomic E-state index is -0.822. The molecule has 1 heterocycles. The molecule has 0 unspecified atom stereocenters. The number of anilines is 1. The van der Waals surface area contributed by atoms with Gasteiger partial charge in [0.05, 0.1) is 0 Å². The first-order chi connectivity index (χ1) is 9.38. The molecule has 112 valence electrons. The zero-order valence-corrected chi connectivity index (χ0v) is 12.6. The number of aromatic nitrogens is 2. The highest BCUT2D eigenvalue weighted by Gasteiger charge is 2.17. The van der Waals surface area contributed by atoms with Gasteiger partial charge in [0.15, 0.2) is 0 Å².